The van der Waals surface area contributed by atoms with Crippen LogP contribution in [0.1, 0.15) is 54.9 Å². The van der Waals surface area contributed by atoms with Crippen molar-refractivity contribution in [3.8, 4) is 0 Å². The molecule has 0 radical (unpaired) electrons. The van der Waals surface area contributed by atoms with E-state index in [2.05, 4.69) is 17.1 Å². The second-order valence-electron chi connectivity index (χ2n) is 6.15. The fourth-order valence-electron chi connectivity index (χ4n) is 2.81. The van der Waals surface area contributed by atoms with Gasteiger partial charge in [-0.15, -0.1) is 0 Å². The molecule has 0 fully saturated rings. The summed E-state index contributed by atoms with van der Waals surface area (Å²) < 4.78 is 4.88. The first kappa shape index (κ1) is 18.4. The predicted molar refractivity (Wildman–Crippen MR) is 94.9 cm³/mol. The number of nitrogens with zero attached hydrogens (tertiary/aromatic N) is 1. The first-order valence-electron chi connectivity index (χ1n) is 8.84. The van der Waals surface area contributed by atoms with Crippen LogP contribution in [0.5, 0.6) is 0 Å². The van der Waals surface area contributed by atoms with Crippen LogP contribution in [-0.2, 0) is 16.1 Å². The molecule has 24 heavy (non-hydrogen) atoms. The van der Waals surface area contributed by atoms with E-state index in [1.54, 1.807) is 0 Å². The van der Waals surface area contributed by atoms with Crippen LogP contribution in [0.25, 0.3) is 0 Å². The van der Waals surface area contributed by atoms with Crippen molar-refractivity contribution in [2.24, 2.45) is 0 Å². The predicted octanol–water partition coefficient (Wildman–Crippen LogP) is 3.75. The number of carbonyl (C=O) groups excluding carboxylic acids is 2. The van der Waals surface area contributed by atoms with Crippen LogP contribution in [-0.4, -0.2) is 36.3 Å². The lowest BCUT2D eigenvalue weighted by Crippen LogP contribution is -2.19. The summed E-state index contributed by atoms with van der Waals surface area (Å²) in [7, 11) is 0. The number of esters is 1. The molecule has 1 aliphatic rings. The number of hydrogen-bond acceptors (Lipinski definition) is 4. The molecule has 0 bridgehead atoms. The molecule has 1 heterocycles. The average Bonchev–Trinajstić information content (AvgIpc) is 3.08. The Labute approximate surface area is 144 Å². The zero-order chi connectivity index (χ0) is 17.2. The van der Waals surface area contributed by atoms with E-state index in [4.69, 9.17) is 4.74 Å². The molecule has 4 heteroatoms. The fourth-order valence-corrected chi connectivity index (χ4v) is 2.81. The molecule has 0 aliphatic carbocycles. The molecule has 0 saturated carbocycles. The summed E-state index contributed by atoms with van der Waals surface area (Å²) in [5.74, 6) is 0.0353. The standard InChI is InChI=1S/C20H27NO3/c1-2-24-20(23)9-5-3-4-8-19(22)18-12-10-17(11-13-18)16-21-14-6-7-15-21/h6-7,10-13H,2-5,8-9,14-16H2,1H3. The van der Waals surface area contributed by atoms with Crippen molar-refractivity contribution in [1.82, 2.24) is 4.90 Å². The molecule has 0 aromatic heterocycles. The van der Waals surface area contributed by atoms with E-state index in [1.807, 2.05) is 31.2 Å². The minimum atomic E-state index is -0.146. The molecule has 4 nitrogen and oxygen atoms in total. The van der Waals surface area contributed by atoms with E-state index in [-0.39, 0.29) is 11.8 Å². The van der Waals surface area contributed by atoms with Crippen LogP contribution in [0.15, 0.2) is 36.4 Å². The molecule has 0 spiro atoms. The molecule has 2 rings (SSSR count). The second kappa shape index (κ2) is 10.0. The first-order valence-corrected chi connectivity index (χ1v) is 8.84. The smallest absolute Gasteiger partial charge is 0.305 e. The van der Waals surface area contributed by atoms with E-state index in [0.29, 0.717) is 19.4 Å². The van der Waals surface area contributed by atoms with Crippen molar-refractivity contribution in [3.05, 3.63) is 47.5 Å². The summed E-state index contributed by atoms with van der Waals surface area (Å²) in [5.41, 5.74) is 2.02. The van der Waals surface area contributed by atoms with E-state index in [0.717, 1.165) is 44.5 Å². The van der Waals surface area contributed by atoms with Crippen LogP contribution in [0, 0.1) is 0 Å². The topological polar surface area (TPSA) is 46.6 Å². The van der Waals surface area contributed by atoms with E-state index in [9.17, 15) is 9.59 Å². The Morgan fingerprint density at radius 2 is 1.67 bits per heavy atom. The number of Topliss-reactive ketones (excluding diaryl/α,β-unsaturated/α-hetero) is 1. The Hall–Kier alpha value is -1.94. The monoisotopic (exact) mass is 329 g/mol. The van der Waals surface area contributed by atoms with E-state index in [1.165, 1.54) is 5.56 Å². The van der Waals surface area contributed by atoms with E-state index < -0.39 is 0 Å². The molecule has 130 valence electrons. The zero-order valence-corrected chi connectivity index (χ0v) is 14.5. The van der Waals surface area contributed by atoms with Gasteiger partial charge in [0.25, 0.3) is 0 Å². The fraction of sp³-hybridized carbons (Fsp3) is 0.500. The number of unbranched alkanes of at least 4 members (excludes halogenated alkanes) is 2. The van der Waals surface area contributed by atoms with Gasteiger partial charge in [0.1, 0.15) is 0 Å². The highest BCUT2D eigenvalue weighted by Crippen LogP contribution is 2.13. The zero-order valence-electron chi connectivity index (χ0n) is 14.5. The lowest BCUT2D eigenvalue weighted by Gasteiger charge is -2.14. The largest absolute Gasteiger partial charge is 0.466 e. The van der Waals surface area contributed by atoms with Gasteiger partial charge in [-0.1, -0.05) is 42.8 Å². The molecule has 1 aromatic carbocycles. The van der Waals surface area contributed by atoms with Crippen molar-refractivity contribution in [3.63, 3.8) is 0 Å². The molecule has 0 unspecified atom stereocenters. The maximum absolute atomic E-state index is 12.2. The summed E-state index contributed by atoms with van der Waals surface area (Å²) in [5, 5.41) is 0. The minimum absolute atomic E-state index is 0.146. The molecule has 0 saturated heterocycles. The van der Waals surface area contributed by atoms with Gasteiger partial charge >= 0.3 is 5.97 Å². The number of hydrogen-bond donors (Lipinski definition) is 0. The van der Waals surface area contributed by atoms with Crippen molar-refractivity contribution >= 4 is 11.8 Å². The van der Waals surface area contributed by atoms with Crippen LogP contribution < -0.4 is 0 Å². The van der Waals surface area contributed by atoms with Gasteiger partial charge in [-0.3, -0.25) is 14.5 Å². The highest BCUT2D eigenvalue weighted by Gasteiger charge is 2.09. The van der Waals surface area contributed by atoms with Gasteiger partial charge in [0.15, 0.2) is 5.78 Å². The van der Waals surface area contributed by atoms with Gasteiger partial charge in [-0.25, -0.2) is 0 Å². The molecule has 0 amide bonds. The molecule has 1 aromatic rings. The van der Waals surface area contributed by atoms with Crippen molar-refractivity contribution in [2.45, 2.75) is 45.6 Å². The van der Waals surface area contributed by atoms with Gasteiger partial charge in [-0.05, 0) is 25.3 Å². The highest BCUT2D eigenvalue weighted by atomic mass is 16.5. The maximum atomic E-state index is 12.2. The summed E-state index contributed by atoms with van der Waals surface area (Å²) >= 11 is 0. The Morgan fingerprint density at radius 1 is 1.00 bits per heavy atom. The third-order valence-electron chi connectivity index (χ3n) is 4.17. The van der Waals surface area contributed by atoms with Crippen molar-refractivity contribution in [1.29, 1.82) is 0 Å². The van der Waals surface area contributed by atoms with Gasteiger partial charge in [0.2, 0.25) is 0 Å². The lowest BCUT2D eigenvalue weighted by molar-refractivity contribution is -0.143. The molecule has 1 aliphatic heterocycles. The number of carbonyl (C=O) groups is 2. The van der Waals surface area contributed by atoms with Crippen LogP contribution in [0.4, 0.5) is 0 Å². The third kappa shape index (κ3) is 6.28. The SMILES string of the molecule is CCOC(=O)CCCCCC(=O)c1ccc(CN2CC=CC2)cc1. The van der Waals surface area contributed by atoms with Crippen LogP contribution in [0.3, 0.4) is 0 Å². The van der Waals surface area contributed by atoms with Gasteiger partial charge < -0.3 is 4.74 Å². The number of rotatable bonds is 10. The summed E-state index contributed by atoms with van der Waals surface area (Å²) in [6.07, 6.45) is 7.83. The number of ketones is 1. The number of benzene rings is 1. The molecular formula is C20H27NO3. The summed E-state index contributed by atoms with van der Waals surface area (Å²) in [4.78, 5) is 25.8. The van der Waals surface area contributed by atoms with E-state index >= 15 is 0 Å². The number of ether oxygens (including phenoxy) is 1. The molecular weight excluding hydrogens is 302 g/mol. The Bertz CT molecular complexity index is 555. The van der Waals surface area contributed by atoms with Crippen molar-refractivity contribution < 1.29 is 14.3 Å². The van der Waals surface area contributed by atoms with Gasteiger partial charge in [-0.2, -0.15) is 0 Å². The Balaban J connectivity index is 1.65. The second-order valence-corrected chi connectivity index (χ2v) is 6.15. The maximum Gasteiger partial charge on any atom is 0.305 e. The van der Waals surface area contributed by atoms with Crippen molar-refractivity contribution in [2.75, 3.05) is 19.7 Å². The van der Waals surface area contributed by atoms with Crippen LogP contribution >= 0.6 is 0 Å². The average molecular weight is 329 g/mol. The highest BCUT2D eigenvalue weighted by molar-refractivity contribution is 5.96. The van der Waals surface area contributed by atoms with Gasteiger partial charge in [0.05, 0.1) is 6.61 Å². The quantitative estimate of drug-likeness (QED) is 0.284. The normalized spacial score (nSPS) is 14.0. The Morgan fingerprint density at radius 3 is 2.33 bits per heavy atom. The molecule has 0 atom stereocenters. The Kier molecular flexibility index (Phi) is 7.69. The van der Waals surface area contributed by atoms with Crippen LogP contribution in [0.2, 0.25) is 0 Å². The lowest BCUT2D eigenvalue weighted by atomic mass is 10.0. The molecule has 0 N–H and O–H groups in total. The van der Waals surface area contributed by atoms with Gasteiger partial charge in [0, 0.05) is 38.0 Å². The minimum Gasteiger partial charge on any atom is -0.466 e. The summed E-state index contributed by atoms with van der Waals surface area (Å²) in [6, 6.07) is 7.96. The summed E-state index contributed by atoms with van der Waals surface area (Å²) in [6.45, 7) is 5.18. The first-order chi connectivity index (χ1) is 11.7. The third-order valence-corrected chi connectivity index (χ3v) is 4.17.